The molecule has 28 heavy (non-hydrogen) atoms. The number of nitrogens with one attached hydrogen (secondary N) is 1. The number of hydrogen-bond acceptors (Lipinski definition) is 6. The van der Waals surface area contributed by atoms with Crippen molar-refractivity contribution in [2.24, 2.45) is 0 Å². The third-order valence-corrected chi connectivity index (χ3v) is 5.55. The first-order valence-electron chi connectivity index (χ1n) is 9.28. The molecule has 0 atom stereocenters. The number of pyridine rings is 1. The molecule has 6 heteroatoms. The highest BCUT2D eigenvalue weighted by Crippen LogP contribution is 2.40. The largest absolute Gasteiger partial charge is 0.396 e. The summed E-state index contributed by atoms with van der Waals surface area (Å²) in [5.74, 6) is 1.44. The maximum absolute atomic E-state index is 9.35. The Morgan fingerprint density at radius 3 is 2.54 bits per heavy atom. The summed E-state index contributed by atoms with van der Waals surface area (Å²) in [5.41, 5.74) is 4.27. The fraction of sp³-hybridized carbons (Fsp3) is 0.227. The van der Waals surface area contributed by atoms with Crippen LogP contribution < -0.4 is 5.32 Å². The van der Waals surface area contributed by atoms with Crippen LogP contribution in [0.1, 0.15) is 22.1 Å². The molecule has 0 aliphatic rings. The van der Waals surface area contributed by atoms with Gasteiger partial charge in [-0.15, -0.1) is 11.3 Å². The van der Waals surface area contributed by atoms with Crippen molar-refractivity contribution < 1.29 is 5.11 Å². The summed E-state index contributed by atoms with van der Waals surface area (Å²) in [5, 5.41) is 13.8. The molecule has 0 aliphatic heterocycles. The monoisotopic (exact) mass is 390 g/mol. The standard InChI is InChI=1S/C22H22N4OS/c1-14-7-6-10-17(24-14)13-23-21-20-19(16-8-4-3-5-9-16)15(2)28-22(20)26-18(25-21)11-12-27/h3-10,27H,11-13H2,1-2H3,(H,23,25,26). The quantitative estimate of drug-likeness (QED) is 0.507. The average Bonchev–Trinajstić information content (AvgIpc) is 3.03. The summed E-state index contributed by atoms with van der Waals surface area (Å²) in [6.07, 6.45) is 0.435. The van der Waals surface area contributed by atoms with Crippen molar-refractivity contribution in [1.82, 2.24) is 15.0 Å². The molecule has 0 saturated carbocycles. The molecule has 142 valence electrons. The van der Waals surface area contributed by atoms with Gasteiger partial charge >= 0.3 is 0 Å². The van der Waals surface area contributed by atoms with Gasteiger partial charge in [0, 0.05) is 22.6 Å². The lowest BCUT2D eigenvalue weighted by Gasteiger charge is -2.11. The zero-order valence-electron chi connectivity index (χ0n) is 15.9. The van der Waals surface area contributed by atoms with Crippen LogP contribution in [0.2, 0.25) is 0 Å². The molecule has 0 amide bonds. The maximum Gasteiger partial charge on any atom is 0.139 e. The van der Waals surface area contributed by atoms with Gasteiger partial charge in [0.25, 0.3) is 0 Å². The third kappa shape index (κ3) is 3.74. The van der Waals surface area contributed by atoms with E-state index in [4.69, 9.17) is 9.97 Å². The van der Waals surface area contributed by atoms with E-state index in [1.807, 2.05) is 43.3 Å². The summed E-state index contributed by atoms with van der Waals surface area (Å²) in [7, 11) is 0. The second-order valence-corrected chi connectivity index (χ2v) is 7.87. The molecule has 2 N–H and O–H groups in total. The normalized spacial score (nSPS) is 11.1. The Kier molecular flexibility index (Phi) is 5.32. The lowest BCUT2D eigenvalue weighted by atomic mass is 10.0. The molecule has 0 aliphatic carbocycles. The molecule has 0 spiro atoms. The first-order chi connectivity index (χ1) is 13.7. The molecular weight excluding hydrogens is 368 g/mol. The number of thiophene rings is 1. The number of aryl methyl sites for hydroxylation is 2. The minimum absolute atomic E-state index is 0.0281. The number of hydrogen-bond donors (Lipinski definition) is 2. The van der Waals surface area contributed by atoms with Gasteiger partial charge in [0.15, 0.2) is 0 Å². The topological polar surface area (TPSA) is 70.9 Å². The van der Waals surface area contributed by atoms with Crippen LogP contribution in [0.3, 0.4) is 0 Å². The van der Waals surface area contributed by atoms with Crippen molar-refractivity contribution in [3.8, 4) is 11.1 Å². The number of aliphatic hydroxyl groups excluding tert-OH is 1. The SMILES string of the molecule is Cc1cccc(CNc2nc(CCO)nc3sc(C)c(-c4ccccc4)c23)n1. The van der Waals surface area contributed by atoms with Gasteiger partial charge in [-0.1, -0.05) is 36.4 Å². The smallest absolute Gasteiger partial charge is 0.139 e. The van der Waals surface area contributed by atoms with Gasteiger partial charge < -0.3 is 10.4 Å². The molecule has 0 radical (unpaired) electrons. The van der Waals surface area contributed by atoms with E-state index in [1.165, 1.54) is 4.88 Å². The van der Waals surface area contributed by atoms with Gasteiger partial charge in [0.2, 0.25) is 0 Å². The highest BCUT2D eigenvalue weighted by Gasteiger charge is 2.18. The zero-order valence-corrected chi connectivity index (χ0v) is 16.8. The van der Waals surface area contributed by atoms with Gasteiger partial charge in [-0.3, -0.25) is 4.98 Å². The number of rotatable bonds is 6. The Bertz CT molecular complexity index is 1110. The van der Waals surface area contributed by atoms with Crippen LogP contribution in [0, 0.1) is 13.8 Å². The van der Waals surface area contributed by atoms with E-state index in [9.17, 15) is 5.11 Å². The van der Waals surface area contributed by atoms with Crippen molar-refractivity contribution in [2.75, 3.05) is 11.9 Å². The number of fused-ring (bicyclic) bond motifs is 1. The first-order valence-corrected chi connectivity index (χ1v) is 10.1. The van der Waals surface area contributed by atoms with Crippen LogP contribution in [0.15, 0.2) is 48.5 Å². The number of benzene rings is 1. The zero-order chi connectivity index (χ0) is 19.5. The molecule has 0 unspecified atom stereocenters. The van der Waals surface area contributed by atoms with E-state index in [2.05, 4.69) is 29.4 Å². The Balaban J connectivity index is 1.82. The van der Waals surface area contributed by atoms with Gasteiger partial charge in [-0.25, -0.2) is 9.97 Å². The molecule has 5 nitrogen and oxygen atoms in total. The molecule has 0 fully saturated rings. The van der Waals surface area contributed by atoms with Crippen molar-refractivity contribution in [2.45, 2.75) is 26.8 Å². The molecule has 4 rings (SSSR count). The highest BCUT2D eigenvalue weighted by atomic mass is 32.1. The van der Waals surface area contributed by atoms with Crippen molar-refractivity contribution >= 4 is 27.4 Å². The van der Waals surface area contributed by atoms with Crippen LogP contribution in [0.5, 0.6) is 0 Å². The van der Waals surface area contributed by atoms with Crippen molar-refractivity contribution in [3.05, 3.63) is 70.6 Å². The van der Waals surface area contributed by atoms with Crippen LogP contribution in [-0.2, 0) is 13.0 Å². The van der Waals surface area contributed by atoms with Crippen LogP contribution in [-0.4, -0.2) is 26.7 Å². The van der Waals surface area contributed by atoms with E-state index in [-0.39, 0.29) is 6.61 Å². The van der Waals surface area contributed by atoms with Crippen molar-refractivity contribution in [3.63, 3.8) is 0 Å². The Morgan fingerprint density at radius 1 is 0.964 bits per heavy atom. The molecular formula is C22H22N4OS. The van der Waals surface area contributed by atoms with E-state index < -0.39 is 0 Å². The second kappa shape index (κ2) is 8.04. The highest BCUT2D eigenvalue weighted by molar-refractivity contribution is 7.19. The first kappa shape index (κ1) is 18.5. The van der Waals surface area contributed by atoms with Gasteiger partial charge in [0.1, 0.15) is 16.5 Å². The molecule has 4 aromatic rings. The Labute approximate surface area is 168 Å². The summed E-state index contributed by atoms with van der Waals surface area (Å²) in [6.45, 7) is 4.71. The number of aliphatic hydroxyl groups is 1. The summed E-state index contributed by atoms with van der Waals surface area (Å²) >= 11 is 1.66. The minimum Gasteiger partial charge on any atom is -0.396 e. The fourth-order valence-corrected chi connectivity index (χ4v) is 4.38. The molecule has 0 bridgehead atoms. The van der Waals surface area contributed by atoms with E-state index in [0.29, 0.717) is 18.8 Å². The molecule has 3 aromatic heterocycles. The summed E-state index contributed by atoms with van der Waals surface area (Å²) < 4.78 is 0. The van der Waals surface area contributed by atoms with Crippen LogP contribution >= 0.6 is 11.3 Å². The molecule has 1 aromatic carbocycles. The number of anilines is 1. The average molecular weight is 391 g/mol. The van der Waals surface area contributed by atoms with Crippen molar-refractivity contribution in [1.29, 1.82) is 0 Å². The second-order valence-electron chi connectivity index (χ2n) is 6.67. The number of nitrogens with zero attached hydrogens (tertiary/aromatic N) is 3. The van der Waals surface area contributed by atoms with E-state index >= 15 is 0 Å². The fourth-order valence-electron chi connectivity index (χ4n) is 3.32. The van der Waals surface area contributed by atoms with Crippen LogP contribution in [0.25, 0.3) is 21.3 Å². The Morgan fingerprint density at radius 2 is 1.79 bits per heavy atom. The van der Waals surface area contributed by atoms with Gasteiger partial charge in [-0.2, -0.15) is 0 Å². The molecule has 0 saturated heterocycles. The Hall–Kier alpha value is -2.83. The lowest BCUT2D eigenvalue weighted by molar-refractivity contribution is 0.297. The minimum atomic E-state index is 0.0281. The summed E-state index contributed by atoms with van der Waals surface area (Å²) in [6, 6.07) is 16.3. The number of aromatic nitrogens is 3. The molecule has 3 heterocycles. The van der Waals surface area contributed by atoms with E-state index in [1.54, 1.807) is 11.3 Å². The van der Waals surface area contributed by atoms with Gasteiger partial charge in [0.05, 0.1) is 24.2 Å². The lowest BCUT2D eigenvalue weighted by Crippen LogP contribution is -2.07. The predicted octanol–water partition coefficient (Wildman–Crippen LogP) is 4.52. The van der Waals surface area contributed by atoms with E-state index in [0.717, 1.165) is 38.5 Å². The van der Waals surface area contributed by atoms with Gasteiger partial charge in [-0.05, 0) is 31.5 Å². The maximum atomic E-state index is 9.35. The predicted molar refractivity (Wildman–Crippen MR) is 115 cm³/mol. The van der Waals surface area contributed by atoms with Crippen LogP contribution in [0.4, 0.5) is 5.82 Å². The summed E-state index contributed by atoms with van der Waals surface area (Å²) in [4.78, 5) is 16.1. The third-order valence-electron chi connectivity index (χ3n) is 4.55.